The maximum Gasteiger partial charge on any atom is 0.317 e. The van der Waals surface area contributed by atoms with Crippen LogP contribution in [0.25, 0.3) is 0 Å². The van der Waals surface area contributed by atoms with Gasteiger partial charge in [-0.05, 0) is 11.8 Å². The Labute approximate surface area is 115 Å². The molecule has 112 valence electrons. The number of esters is 2. The second-order valence-electron chi connectivity index (χ2n) is 6.34. The van der Waals surface area contributed by atoms with Crippen LogP contribution in [0.2, 0.25) is 0 Å². The summed E-state index contributed by atoms with van der Waals surface area (Å²) in [5.74, 6) is -1.20. The van der Waals surface area contributed by atoms with E-state index < -0.39 is 17.4 Å². The monoisotopic (exact) mass is 274 g/mol. The van der Waals surface area contributed by atoms with E-state index in [-0.39, 0.29) is 31.7 Å². The number of rotatable bonds is 8. The summed E-state index contributed by atoms with van der Waals surface area (Å²) in [6.07, 6.45) is 0.497. The Morgan fingerprint density at radius 2 is 1.37 bits per heavy atom. The predicted molar refractivity (Wildman–Crippen MR) is 71.5 cm³/mol. The van der Waals surface area contributed by atoms with Gasteiger partial charge < -0.3 is 14.6 Å². The zero-order valence-electron chi connectivity index (χ0n) is 12.6. The Balaban J connectivity index is 3.98. The fourth-order valence-electron chi connectivity index (χ4n) is 0.919. The van der Waals surface area contributed by atoms with E-state index in [0.29, 0.717) is 0 Å². The third-order valence-electron chi connectivity index (χ3n) is 2.92. The van der Waals surface area contributed by atoms with Crippen molar-refractivity contribution < 1.29 is 24.2 Å². The summed E-state index contributed by atoms with van der Waals surface area (Å²) >= 11 is 0. The largest absolute Gasteiger partial charge is 0.465 e. The molecule has 0 bridgehead atoms. The molecule has 0 aromatic rings. The van der Waals surface area contributed by atoms with Crippen LogP contribution in [0.15, 0.2) is 0 Å². The Morgan fingerprint density at radius 1 is 0.947 bits per heavy atom. The fraction of sp³-hybridized carbons (Fsp3) is 0.857. The van der Waals surface area contributed by atoms with E-state index >= 15 is 0 Å². The normalized spacial score (nSPS) is 12.1. The molecule has 0 aliphatic heterocycles. The lowest BCUT2D eigenvalue weighted by Gasteiger charge is -2.22. The zero-order valence-corrected chi connectivity index (χ0v) is 12.6. The van der Waals surface area contributed by atoms with Crippen molar-refractivity contribution in [1.82, 2.24) is 0 Å². The molecule has 0 heterocycles. The summed E-state index contributed by atoms with van der Waals surface area (Å²) in [4.78, 5) is 22.8. The van der Waals surface area contributed by atoms with Crippen molar-refractivity contribution in [3.05, 3.63) is 0 Å². The summed E-state index contributed by atoms with van der Waals surface area (Å²) in [6.45, 7) is 9.80. The first-order valence-corrected chi connectivity index (χ1v) is 6.54. The molecule has 1 N–H and O–H groups in total. The fourth-order valence-corrected chi connectivity index (χ4v) is 0.919. The topological polar surface area (TPSA) is 72.8 Å². The second-order valence-corrected chi connectivity index (χ2v) is 6.34. The zero-order chi connectivity index (χ0) is 15.1. The number of aliphatic hydroxyl groups excluding tert-OH is 1. The van der Waals surface area contributed by atoms with Gasteiger partial charge in [0.2, 0.25) is 0 Å². The van der Waals surface area contributed by atoms with Crippen molar-refractivity contribution in [2.45, 2.75) is 47.5 Å². The Morgan fingerprint density at radius 3 is 1.74 bits per heavy atom. The van der Waals surface area contributed by atoms with Gasteiger partial charge in [0.15, 0.2) is 0 Å². The first kappa shape index (κ1) is 17.9. The van der Waals surface area contributed by atoms with Crippen molar-refractivity contribution in [3.63, 3.8) is 0 Å². The number of ether oxygens (including phenoxy) is 2. The SMILES string of the molecule is CCC(C)(C)COC(=O)CC(=O)OCC(C)(C)CO. The number of aliphatic hydroxyl groups is 1. The summed E-state index contributed by atoms with van der Waals surface area (Å²) in [7, 11) is 0. The van der Waals surface area contributed by atoms with Gasteiger partial charge in [0, 0.05) is 5.41 Å². The molecule has 19 heavy (non-hydrogen) atoms. The Kier molecular flexibility index (Phi) is 7.05. The molecule has 0 unspecified atom stereocenters. The van der Waals surface area contributed by atoms with Crippen LogP contribution in [0.1, 0.15) is 47.5 Å². The van der Waals surface area contributed by atoms with E-state index in [1.807, 2.05) is 20.8 Å². The van der Waals surface area contributed by atoms with Crippen molar-refractivity contribution in [1.29, 1.82) is 0 Å². The maximum atomic E-state index is 11.4. The van der Waals surface area contributed by atoms with E-state index in [0.717, 1.165) is 6.42 Å². The summed E-state index contributed by atoms with van der Waals surface area (Å²) < 4.78 is 9.96. The van der Waals surface area contributed by atoms with Crippen LogP contribution >= 0.6 is 0 Å². The van der Waals surface area contributed by atoms with Gasteiger partial charge in [0.05, 0.1) is 19.8 Å². The van der Waals surface area contributed by atoms with Gasteiger partial charge in [-0.2, -0.15) is 0 Å². The van der Waals surface area contributed by atoms with Gasteiger partial charge in [0.1, 0.15) is 6.42 Å². The highest BCUT2D eigenvalue weighted by Gasteiger charge is 2.22. The van der Waals surface area contributed by atoms with E-state index in [1.165, 1.54) is 0 Å². The molecular formula is C14H26O5. The van der Waals surface area contributed by atoms with Crippen LogP contribution in [0.3, 0.4) is 0 Å². The molecule has 0 radical (unpaired) electrons. The molecule has 0 aliphatic rings. The Bertz CT molecular complexity index is 277. The molecule has 0 atom stereocenters. The maximum absolute atomic E-state index is 11.4. The van der Waals surface area contributed by atoms with Crippen molar-refractivity contribution in [2.75, 3.05) is 19.8 Å². The van der Waals surface area contributed by atoms with Crippen LogP contribution in [-0.4, -0.2) is 36.9 Å². The average molecular weight is 274 g/mol. The van der Waals surface area contributed by atoms with Gasteiger partial charge in [-0.15, -0.1) is 0 Å². The summed E-state index contributed by atoms with van der Waals surface area (Å²) in [6, 6.07) is 0. The van der Waals surface area contributed by atoms with Gasteiger partial charge in [0.25, 0.3) is 0 Å². The number of hydrogen-bond acceptors (Lipinski definition) is 5. The highest BCUT2D eigenvalue weighted by molar-refractivity contribution is 5.91. The van der Waals surface area contributed by atoms with Gasteiger partial charge in [-0.3, -0.25) is 9.59 Å². The quantitative estimate of drug-likeness (QED) is 0.541. The van der Waals surface area contributed by atoms with E-state index in [2.05, 4.69) is 0 Å². The number of carbonyl (C=O) groups excluding carboxylic acids is 2. The van der Waals surface area contributed by atoms with Crippen LogP contribution in [-0.2, 0) is 19.1 Å². The van der Waals surface area contributed by atoms with Gasteiger partial charge >= 0.3 is 11.9 Å². The van der Waals surface area contributed by atoms with E-state index in [4.69, 9.17) is 14.6 Å². The van der Waals surface area contributed by atoms with E-state index in [9.17, 15) is 9.59 Å². The molecular weight excluding hydrogens is 248 g/mol. The first-order chi connectivity index (χ1) is 8.62. The summed E-state index contributed by atoms with van der Waals surface area (Å²) in [5.41, 5.74) is -0.581. The first-order valence-electron chi connectivity index (χ1n) is 6.54. The number of hydrogen-bond donors (Lipinski definition) is 1. The lowest BCUT2D eigenvalue weighted by Crippen LogP contribution is -2.27. The minimum atomic E-state index is -0.624. The molecule has 0 fully saturated rings. The van der Waals surface area contributed by atoms with Gasteiger partial charge in [-0.25, -0.2) is 0 Å². The van der Waals surface area contributed by atoms with Crippen molar-refractivity contribution in [2.24, 2.45) is 10.8 Å². The smallest absolute Gasteiger partial charge is 0.317 e. The van der Waals surface area contributed by atoms with Crippen LogP contribution in [0.4, 0.5) is 0 Å². The average Bonchev–Trinajstić information content (AvgIpc) is 2.34. The highest BCUT2D eigenvalue weighted by Crippen LogP contribution is 2.20. The molecule has 0 aromatic carbocycles. The van der Waals surface area contributed by atoms with Crippen LogP contribution in [0.5, 0.6) is 0 Å². The van der Waals surface area contributed by atoms with E-state index in [1.54, 1.807) is 13.8 Å². The van der Waals surface area contributed by atoms with Crippen LogP contribution < -0.4 is 0 Å². The minimum Gasteiger partial charge on any atom is -0.465 e. The van der Waals surface area contributed by atoms with Crippen LogP contribution in [0, 0.1) is 10.8 Å². The number of carbonyl (C=O) groups is 2. The lowest BCUT2D eigenvalue weighted by molar-refractivity contribution is -0.158. The Hall–Kier alpha value is -1.10. The van der Waals surface area contributed by atoms with Crippen molar-refractivity contribution in [3.8, 4) is 0 Å². The molecule has 0 aliphatic carbocycles. The molecule has 0 spiro atoms. The standard InChI is InChI=1S/C14H26O5/c1-6-13(2,3)9-18-11(16)7-12(17)19-10-14(4,5)8-15/h15H,6-10H2,1-5H3. The minimum absolute atomic E-state index is 0.0794. The molecule has 0 aromatic heterocycles. The third kappa shape index (κ3) is 8.59. The third-order valence-corrected chi connectivity index (χ3v) is 2.92. The molecule has 5 heteroatoms. The lowest BCUT2D eigenvalue weighted by atomic mass is 9.92. The molecule has 0 rings (SSSR count). The second kappa shape index (κ2) is 7.48. The highest BCUT2D eigenvalue weighted by atomic mass is 16.6. The van der Waals surface area contributed by atoms with Crippen molar-refractivity contribution >= 4 is 11.9 Å². The van der Waals surface area contributed by atoms with Gasteiger partial charge in [-0.1, -0.05) is 34.6 Å². The molecule has 0 amide bonds. The molecule has 5 nitrogen and oxygen atoms in total. The molecule has 0 saturated carbocycles. The predicted octanol–water partition coefficient (Wildman–Crippen LogP) is 1.92. The molecule has 0 saturated heterocycles. The summed E-state index contributed by atoms with van der Waals surface area (Å²) in [5, 5.41) is 9.01.